The van der Waals surface area contributed by atoms with Crippen LogP contribution in [0.5, 0.6) is 0 Å². The van der Waals surface area contributed by atoms with Crippen molar-refractivity contribution in [3.05, 3.63) is 29.8 Å². The Bertz CT molecular complexity index is 407. The van der Waals surface area contributed by atoms with Crippen LogP contribution in [-0.4, -0.2) is 18.6 Å². The van der Waals surface area contributed by atoms with Crippen molar-refractivity contribution in [3.8, 4) is 0 Å². The van der Waals surface area contributed by atoms with E-state index in [1.807, 2.05) is 24.3 Å². The number of rotatable bonds is 5. The van der Waals surface area contributed by atoms with Gasteiger partial charge in [0.15, 0.2) is 0 Å². The molecule has 1 amide bonds. The highest BCUT2D eigenvalue weighted by atomic mass is 35.5. The van der Waals surface area contributed by atoms with Gasteiger partial charge in [-0.25, -0.2) is 0 Å². The van der Waals surface area contributed by atoms with E-state index in [-0.39, 0.29) is 11.5 Å². The number of halogens is 1. The van der Waals surface area contributed by atoms with Crippen LogP contribution in [0.4, 0.5) is 5.69 Å². The van der Waals surface area contributed by atoms with Crippen molar-refractivity contribution in [1.29, 1.82) is 0 Å². The van der Waals surface area contributed by atoms with Gasteiger partial charge >= 0.3 is 0 Å². The Kier molecular flexibility index (Phi) is 4.25. The average Bonchev–Trinajstić information content (AvgIpc) is 2.35. The maximum absolute atomic E-state index is 11.9. The van der Waals surface area contributed by atoms with Gasteiger partial charge in [-0.1, -0.05) is 12.1 Å². The van der Waals surface area contributed by atoms with Crippen molar-refractivity contribution in [2.24, 2.45) is 0 Å². The second kappa shape index (κ2) is 5.72. The van der Waals surface area contributed by atoms with Crippen molar-refractivity contribution < 1.29 is 9.53 Å². The summed E-state index contributed by atoms with van der Waals surface area (Å²) in [6.45, 7) is 0. The summed E-state index contributed by atoms with van der Waals surface area (Å²) in [6, 6.07) is 7.57. The Morgan fingerprint density at radius 3 is 2.50 bits per heavy atom. The zero-order valence-corrected chi connectivity index (χ0v) is 11.3. The Hall–Kier alpha value is -1.06. The highest BCUT2D eigenvalue weighted by Gasteiger charge is 2.38. The number of carbonyl (C=O) groups is 1. The first-order valence-electron chi connectivity index (χ1n) is 6.17. The number of ether oxygens (including phenoxy) is 1. The minimum Gasteiger partial charge on any atom is -0.378 e. The quantitative estimate of drug-likeness (QED) is 0.831. The summed E-state index contributed by atoms with van der Waals surface area (Å²) in [7, 11) is 1.68. The molecule has 0 spiro atoms. The minimum absolute atomic E-state index is 0.00942. The maximum Gasteiger partial charge on any atom is 0.227 e. The molecule has 1 aromatic carbocycles. The first-order chi connectivity index (χ1) is 8.67. The maximum atomic E-state index is 11.9. The SMILES string of the molecule is COC1(CC(=O)Nc2ccc(CCl)cc2)CCC1. The predicted molar refractivity (Wildman–Crippen MR) is 72.8 cm³/mol. The molecule has 1 fully saturated rings. The van der Waals surface area contributed by atoms with Crippen LogP contribution in [0.3, 0.4) is 0 Å². The van der Waals surface area contributed by atoms with Gasteiger partial charge in [-0.05, 0) is 37.0 Å². The van der Waals surface area contributed by atoms with E-state index in [0.717, 1.165) is 30.5 Å². The van der Waals surface area contributed by atoms with E-state index >= 15 is 0 Å². The Labute approximate surface area is 112 Å². The van der Waals surface area contributed by atoms with Crippen LogP contribution in [0.25, 0.3) is 0 Å². The van der Waals surface area contributed by atoms with Crippen molar-refractivity contribution >= 4 is 23.2 Å². The number of anilines is 1. The van der Waals surface area contributed by atoms with Crippen LogP contribution in [0.2, 0.25) is 0 Å². The largest absolute Gasteiger partial charge is 0.378 e. The number of hydrogen-bond donors (Lipinski definition) is 1. The van der Waals surface area contributed by atoms with Crippen molar-refractivity contribution in [2.75, 3.05) is 12.4 Å². The second-order valence-electron chi connectivity index (χ2n) is 4.80. The van der Waals surface area contributed by atoms with Gasteiger partial charge in [0.1, 0.15) is 0 Å². The fourth-order valence-corrected chi connectivity index (χ4v) is 2.38. The summed E-state index contributed by atoms with van der Waals surface area (Å²) in [6.07, 6.45) is 3.52. The number of alkyl halides is 1. The summed E-state index contributed by atoms with van der Waals surface area (Å²) >= 11 is 5.71. The van der Waals surface area contributed by atoms with Crippen molar-refractivity contribution in [3.63, 3.8) is 0 Å². The minimum atomic E-state index is -0.222. The number of hydrogen-bond acceptors (Lipinski definition) is 2. The van der Waals surface area contributed by atoms with Crippen LogP contribution >= 0.6 is 11.6 Å². The molecule has 98 valence electrons. The number of carbonyl (C=O) groups excluding carboxylic acids is 1. The monoisotopic (exact) mass is 267 g/mol. The van der Waals surface area contributed by atoms with Crippen LogP contribution < -0.4 is 5.32 Å². The zero-order valence-electron chi connectivity index (χ0n) is 10.5. The third-order valence-electron chi connectivity index (χ3n) is 3.57. The predicted octanol–water partition coefficient (Wildman–Crippen LogP) is 3.32. The lowest BCUT2D eigenvalue weighted by atomic mass is 9.77. The molecule has 1 aliphatic carbocycles. The molecule has 0 atom stereocenters. The van der Waals surface area contributed by atoms with Gasteiger partial charge in [-0.15, -0.1) is 11.6 Å². The van der Waals surface area contributed by atoms with Gasteiger partial charge in [-0.3, -0.25) is 4.79 Å². The van der Waals surface area contributed by atoms with Crippen LogP contribution in [-0.2, 0) is 15.4 Å². The van der Waals surface area contributed by atoms with E-state index in [0.29, 0.717) is 12.3 Å². The van der Waals surface area contributed by atoms with Gasteiger partial charge in [0.2, 0.25) is 5.91 Å². The molecule has 1 saturated carbocycles. The lowest BCUT2D eigenvalue weighted by Gasteiger charge is -2.39. The fraction of sp³-hybridized carbons (Fsp3) is 0.500. The molecule has 3 nitrogen and oxygen atoms in total. The fourth-order valence-electron chi connectivity index (χ4n) is 2.20. The molecular weight excluding hydrogens is 250 g/mol. The Morgan fingerprint density at radius 2 is 2.06 bits per heavy atom. The van der Waals surface area contributed by atoms with E-state index < -0.39 is 0 Å². The van der Waals surface area contributed by atoms with Gasteiger partial charge in [0.25, 0.3) is 0 Å². The third kappa shape index (κ3) is 3.03. The molecule has 2 rings (SSSR count). The normalized spacial score (nSPS) is 17.0. The molecule has 0 unspecified atom stereocenters. The Balaban J connectivity index is 1.90. The zero-order chi connectivity index (χ0) is 13.0. The summed E-state index contributed by atoms with van der Waals surface area (Å²) in [5.41, 5.74) is 1.63. The van der Waals surface area contributed by atoms with Crippen molar-refractivity contribution in [1.82, 2.24) is 0 Å². The number of amides is 1. The number of nitrogens with one attached hydrogen (secondary N) is 1. The molecular formula is C14H18ClNO2. The summed E-state index contributed by atoms with van der Waals surface area (Å²) in [5, 5.41) is 2.89. The lowest BCUT2D eigenvalue weighted by Crippen LogP contribution is -2.42. The van der Waals surface area contributed by atoms with Crippen LogP contribution in [0, 0.1) is 0 Å². The molecule has 0 aromatic heterocycles. The van der Waals surface area contributed by atoms with Crippen LogP contribution in [0.1, 0.15) is 31.2 Å². The molecule has 18 heavy (non-hydrogen) atoms. The van der Waals surface area contributed by atoms with Crippen LogP contribution in [0.15, 0.2) is 24.3 Å². The van der Waals surface area contributed by atoms with E-state index in [4.69, 9.17) is 16.3 Å². The van der Waals surface area contributed by atoms with Crippen molar-refractivity contribution in [2.45, 2.75) is 37.2 Å². The molecule has 0 radical (unpaired) electrons. The summed E-state index contributed by atoms with van der Waals surface area (Å²) in [4.78, 5) is 11.9. The summed E-state index contributed by atoms with van der Waals surface area (Å²) < 4.78 is 5.44. The van der Waals surface area contributed by atoms with Gasteiger partial charge in [0, 0.05) is 18.7 Å². The van der Waals surface area contributed by atoms with Gasteiger partial charge < -0.3 is 10.1 Å². The lowest BCUT2D eigenvalue weighted by molar-refractivity contribution is -0.129. The smallest absolute Gasteiger partial charge is 0.227 e. The molecule has 4 heteroatoms. The number of benzene rings is 1. The van der Waals surface area contributed by atoms with E-state index in [9.17, 15) is 4.79 Å². The molecule has 1 aliphatic rings. The highest BCUT2D eigenvalue weighted by Crippen LogP contribution is 2.38. The standard InChI is InChI=1S/C14H18ClNO2/c1-18-14(7-2-8-14)9-13(17)16-12-5-3-11(10-15)4-6-12/h3-6H,2,7-10H2,1H3,(H,16,17). The molecule has 1 N–H and O–H groups in total. The molecule has 1 aromatic rings. The first kappa shape index (κ1) is 13.4. The summed E-state index contributed by atoms with van der Waals surface area (Å²) in [5.74, 6) is 0.497. The van der Waals surface area contributed by atoms with Gasteiger partial charge in [-0.2, -0.15) is 0 Å². The average molecular weight is 268 g/mol. The van der Waals surface area contributed by atoms with E-state index in [2.05, 4.69) is 5.32 Å². The highest BCUT2D eigenvalue weighted by molar-refractivity contribution is 6.17. The van der Waals surface area contributed by atoms with Gasteiger partial charge in [0.05, 0.1) is 12.0 Å². The Morgan fingerprint density at radius 1 is 1.39 bits per heavy atom. The first-order valence-corrected chi connectivity index (χ1v) is 6.71. The van der Waals surface area contributed by atoms with E-state index in [1.165, 1.54) is 0 Å². The molecule has 0 saturated heterocycles. The van der Waals surface area contributed by atoms with E-state index in [1.54, 1.807) is 7.11 Å². The molecule has 0 heterocycles. The molecule has 0 bridgehead atoms. The topological polar surface area (TPSA) is 38.3 Å². The third-order valence-corrected chi connectivity index (χ3v) is 3.88. The molecule has 0 aliphatic heterocycles. The second-order valence-corrected chi connectivity index (χ2v) is 5.06. The number of methoxy groups -OCH3 is 1.